The summed E-state index contributed by atoms with van der Waals surface area (Å²) in [6.07, 6.45) is 1.72. The van der Waals surface area contributed by atoms with Gasteiger partial charge in [-0.1, -0.05) is 30.3 Å². The van der Waals surface area contributed by atoms with E-state index in [1.54, 1.807) is 12.3 Å². The minimum absolute atomic E-state index is 0.0979. The lowest BCUT2D eigenvalue weighted by Crippen LogP contribution is -3.15. The lowest BCUT2D eigenvalue weighted by Gasteiger charge is -2.31. The molecule has 1 fully saturated rings. The molecule has 1 saturated heterocycles. The Hall–Kier alpha value is -1.96. The molecule has 25 heavy (non-hydrogen) atoms. The first-order valence-electron chi connectivity index (χ1n) is 8.31. The molecule has 0 spiro atoms. The number of nitrogens with one attached hydrogen (secondary N) is 3. The summed E-state index contributed by atoms with van der Waals surface area (Å²) in [5.41, 5.74) is 5.19. The molecule has 6 nitrogen and oxygen atoms in total. The van der Waals surface area contributed by atoms with Crippen LogP contribution in [0.3, 0.4) is 0 Å². The van der Waals surface area contributed by atoms with Crippen molar-refractivity contribution in [1.29, 1.82) is 0 Å². The summed E-state index contributed by atoms with van der Waals surface area (Å²) in [5.74, 6) is -0.256. The standard InChI is InChI=1S/C18H21BrN4O2/c1-13(21-22-18(24)16-11-15(19)12-20-16)17(14-5-3-2-4-6-14)23-7-9-25-10-8-23/h2-6,11-12,17,20H,7-10H2,1H3,(H,22,24)/p+1/b21-13-/t17-/m1/s1. The summed E-state index contributed by atoms with van der Waals surface area (Å²) < 4.78 is 6.32. The molecule has 1 aromatic carbocycles. The molecular formula is C18H22BrN4O2+. The van der Waals surface area contributed by atoms with Crippen molar-refractivity contribution in [3.05, 3.63) is 58.3 Å². The smallest absolute Gasteiger partial charge is 0.287 e. The van der Waals surface area contributed by atoms with Crippen LogP contribution in [0.5, 0.6) is 0 Å². The maximum Gasteiger partial charge on any atom is 0.287 e. The van der Waals surface area contributed by atoms with E-state index in [1.165, 1.54) is 10.5 Å². The van der Waals surface area contributed by atoms with Crippen molar-refractivity contribution in [2.45, 2.75) is 13.0 Å². The fourth-order valence-corrected chi connectivity index (χ4v) is 3.45. The molecule has 3 rings (SSSR count). The van der Waals surface area contributed by atoms with E-state index in [2.05, 4.69) is 43.6 Å². The van der Waals surface area contributed by atoms with Gasteiger partial charge >= 0.3 is 0 Å². The average Bonchev–Trinajstić information content (AvgIpc) is 3.08. The summed E-state index contributed by atoms with van der Waals surface area (Å²) >= 11 is 3.32. The number of morpholine rings is 1. The number of aromatic amines is 1. The molecule has 2 aromatic rings. The third-order valence-corrected chi connectivity index (χ3v) is 4.78. The van der Waals surface area contributed by atoms with Gasteiger partial charge in [0.05, 0.1) is 18.9 Å². The summed E-state index contributed by atoms with van der Waals surface area (Å²) in [4.78, 5) is 16.5. The van der Waals surface area contributed by atoms with Crippen molar-refractivity contribution in [3.63, 3.8) is 0 Å². The molecular weight excluding hydrogens is 384 g/mol. The summed E-state index contributed by atoms with van der Waals surface area (Å²) in [6, 6.07) is 12.1. The zero-order valence-corrected chi connectivity index (χ0v) is 15.7. The third-order valence-electron chi connectivity index (χ3n) is 4.32. The number of halogens is 1. The second-order valence-corrected chi connectivity index (χ2v) is 6.96. The number of hydrogen-bond donors (Lipinski definition) is 3. The average molecular weight is 406 g/mol. The Balaban J connectivity index is 1.78. The predicted octanol–water partition coefficient (Wildman–Crippen LogP) is 1.54. The van der Waals surface area contributed by atoms with E-state index in [4.69, 9.17) is 4.74 Å². The van der Waals surface area contributed by atoms with E-state index >= 15 is 0 Å². The Morgan fingerprint density at radius 3 is 2.68 bits per heavy atom. The van der Waals surface area contributed by atoms with Gasteiger partial charge in [0.1, 0.15) is 18.8 Å². The van der Waals surface area contributed by atoms with Crippen molar-refractivity contribution in [1.82, 2.24) is 10.4 Å². The van der Waals surface area contributed by atoms with Gasteiger partial charge in [-0.3, -0.25) is 4.79 Å². The number of aromatic nitrogens is 1. The third kappa shape index (κ3) is 4.56. The van der Waals surface area contributed by atoms with Crippen molar-refractivity contribution in [3.8, 4) is 0 Å². The highest BCUT2D eigenvalue weighted by molar-refractivity contribution is 9.10. The number of nitrogens with zero attached hydrogens (tertiary/aromatic N) is 1. The normalized spacial score (nSPS) is 17.3. The van der Waals surface area contributed by atoms with Gasteiger partial charge in [0.25, 0.3) is 5.91 Å². The van der Waals surface area contributed by atoms with Crippen LogP contribution in [0, 0.1) is 0 Å². The number of ether oxygens (including phenoxy) is 1. The van der Waals surface area contributed by atoms with Gasteiger partial charge in [0, 0.05) is 16.2 Å². The molecule has 1 atom stereocenters. The SMILES string of the molecule is C/C(=N/NC(=O)c1cc(Br)c[nH]1)[C@H](c1ccccc1)[NH+]1CCOCC1. The number of carbonyl (C=O) groups is 1. The number of hydrogen-bond acceptors (Lipinski definition) is 3. The molecule has 0 radical (unpaired) electrons. The summed E-state index contributed by atoms with van der Waals surface area (Å²) in [6.45, 7) is 5.29. The van der Waals surface area contributed by atoms with Crippen LogP contribution >= 0.6 is 15.9 Å². The number of hydrazone groups is 1. The highest BCUT2D eigenvalue weighted by Gasteiger charge is 2.29. The quantitative estimate of drug-likeness (QED) is 0.521. The van der Waals surface area contributed by atoms with Crippen LogP contribution in [0.2, 0.25) is 0 Å². The Bertz CT molecular complexity index is 739. The van der Waals surface area contributed by atoms with Gasteiger partial charge < -0.3 is 14.6 Å². The Labute approximate surface area is 155 Å². The van der Waals surface area contributed by atoms with E-state index in [0.717, 1.165) is 36.5 Å². The fourth-order valence-electron chi connectivity index (χ4n) is 3.10. The second kappa shape index (κ2) is 8.42. The summed E-state index contributed by atoms with van der Waals surface area (Å²) in [7, 11) is 0. The largest absolute Gasteiger partial charge is 0.370 e. The monoisotopic (exact) mass is 405 g/mol. The number of carbonyl (C=O) groups excluding carboxylic acids is 1. The maximum absolute atomic E-state index is 12.2. The van der Waals surface area contributed by atoms with E-state index < -0.39 is 0 Å². The van der Waals surface area contributed by atoms with Gasteiger partial charge in [0.15, 0.2) is 6.04 Å². The molecule has 1 aromatic heterocycles. The molecule has 0 unspecified atom stereocenters. The van der Waals surface area contributed by atoms with E-state index in [0.29, 0.717) is 5.69 Å². The Morgan fingerprint density at radius 1 is 1.32 bits per heavy atom. The van der Waals surface area contributed by atoms with E-state index in [-0.39, 0.29) is 11.9 Å². The fraction of sp³-hybridized carbons (Fsp3) is 0.333. The molecule has 0 bridgehead atoms. The highest BCUT2D eigenvalue weighted by atomic mass is 79.9. The topological polar surface area (TPSA) is 70.9 Å². The molecule has 2 heterocycles. The second-order valence-electron chi connectivity index (χ2n) is 6.04. The zero-order chi connectivity index (χ0) is 17.6. The predicted molar refractivity (Wildman–Crippen MR) is 99.8 cm³/mol. The molecule has 1 aliphatic heterocycles. The maximum atomic E-state index is 12.2. The first kappa shape index (κ1) is 17.8. The van der Waals surface area contributed by atoms with Crippen LogP contribution in [-0.4, -0.2) is 42.9 Å². The lowest BCUT2D eigenvalue weighted by molar-refractivity contribution is -0.928. The molecule has 1 aliphatic rings. The Kier molecular flexibility index (Phi) is 6.01. The molecule has 132 valence electrons. The van der Waals surface area contributed by atoms with E-state index in [9.17, 15) is 4.79 Å². The molecule has 0 aliphatic carbocycles. The first-order chi connectivity index (χ1) is 12.1. The van der Waals surface area contributed by atoms with Crippen molar-refractivity contribution < 1.29 is 14.4 Å². The van der Waals surface area contributed by atoms with Crippen LogP contribution in [-0.2, 0) is 4.74 Å². The van der Waals surface area contributed by atoms with Gasteiger partial charge in [-0.25, -0.2) is 5.43 Å². The molecule has 1 amide bonds. The van der Waals surface area contributed by atoms with E-state index in [1.807, 2.05) is 25.1 Å². The van der Waals surface area contributed by atoms with Gasteiger partial charge in [0.2, 0.25) is 0 Å². The van der Waals surface area contributed by atoms with Crippen LogP contribution in [0.1, 0.15) is 29.0 Å². The lowest BCUT2D eigenvalue weighted by atomic mass is 10.0. The van der Waals surface area contributed by atoms with Crippen molar-refractivity contribution in [2.24, 2.45) is 5.10 Å². The number of amides is 1. The van der Waals surface area contributed by atoms with Gasteiger partial charge in [-0.05, 0) is 28.9 Å². The van der Waals surface area contributed by atoms with Gasteiger partial charge in [-0.2, -0.15) is 5.10 Å². The van der Waals surface area contributed by atoms with Crippen LogP contribution in [0.25, 0.3) is 0 Å². The van der Waals surface area contributed by atoms with Crippen molar-refractivity contribution in [2.75, 3.05) is 26.3 Å². The first-order valence-corrected chi connectivity index (χ1v) is 9.10. The minimum Gasteiger partial charge on any atom is -0.370 e. The minimum atomic E-state index is -0.256. The molecule has 7 heteroatoms. The molecule has 0 saturated carbocycles. The van der Waals surface area contributed by atoms with Gasteiger partial charge in [-0.15, -0.1) is 0 Å². The van der Waals surface area contributed by atoms with Crippen molar-refractivity contribution >= 4 is 27.5 Å². The van der Waals surface area contributed by atoms with Crippen LogP contribution in [0.15, 0.2) is 52.2 Å². The summed E-state index contributed by atoms with van der Waals surface area (Å²) in [5, 5.41) is 4.38. The number of benzene rings is 1. The van der Waals surface area contributed by atoms with Crippen LogP contribution < -0.4 is 10.3 Å². The number of quaternary nitrogens is 1. The Morgan fingerprint density at radius 2 is 2.04 bits per heavy atom. The number of H-pyrrole nitrogens is 1. The highest BCUT2D eigenvalue weighted by Crippen LogP contribution is 2.13. The van der Waals surface area contributed by atoms with Crippen LogP contribution in [0.4, 0.5) is 0 Å². The molecule has 3 N–H and O–H groups in total. The number of rotatable bonds is 5. The zero-order valence-electron chi connectivity index (χ0n) is 14.1.